The van der Waals surface area contributed by atoms with Gasteiger partial charge in [0.05, 0.1) is 18.1 Å². The Morgan fingerprint density at radius 1 is 0.946 bits per heavy atom. The number of aliphatic hydroxyl groups excluding tert-OH is 2. The molecule has 0 aromatic rings. The van der Waals surface area contributed by atoms with Gasteiger partial charge in [-0.2, -0.15) is 0 Å². The molecule has 0 aromatic carbocycles. The average molecular weight is 515 g/mol. The molecular weight excluding hydrogens is 460 g/mol. The molecule has 5 aliphatic rings. The number of carbonyl (C=O) groups is 1. The second kappa shape index (κ2) is 8.32. The van der Waals surface area contributed by atoms with Crippen LogP contribution in [-0.4, -0.2) is 33.5 Å². The second-order valence-corrected chi connectivity index (χ2v) is 15.9. The number of carboxylic acids is 1. The molecule has 5 rings (SSSR count). The highest BCUT2D eigenvalue weighted by Crippen LogP contribution is 2.89. The molecule has 4 nitrogen and oxygen atoms in total. The minimum Gasteiger partial charge on any atom is -0.481 e. The topological polar surface area (TPSA) is 77.8 Å². The van der Waals surface area contributed by atoms with E-state index in [0.717, 1.165) is 50.5 Å². The summed E-state index contributed by atoms with van der Waals surface area (Å²) in [7, 11) is 0. The van der Waals surface area contributed by atoms with Crippen LogP contribution in [0.15, 0.2) is 12.2 Å². The van der Waals surface area contributed by atoms with Gasteiger partial charge in [-0.25, -0.2) is 0 Å². The van der Waals surface area contributed by atoms with E-state index in [9.17, 15) is 20.1 Å². The van der Waals surface area contributed by atoms with Gasteiger partial charge in [-0.3, -0.25) is 4.79 Å². The van der Waals surface area contributed by atoms with Gasteiger partial charge in [0.15, 0.2) is 0 Å². The van der Waals surface area contributed by atoms with Gasteiger partial charge >= 0.3 is 5.97 Å². The molecule has 0 heterocycles. The molecule has 2 unspecified atom stereocenters. The Kier molecular flexibility index (Phi) is 6.23. The van der Waals surface area contributed by atoms with Crippen molar-refractivity contribution in [2.24, 2.45) is 68.5 Å². The molecule has 0 aliphatic heterocycles. The molecule has 0 saturated heterocycles. The fourth-order valence-electron chi connectivity index (χ4n) is 12.4. The lowest BCUT2D eigenvalue weighted by Crippen LogP contribution is -2.63. The highest BCUT2D eigenvalue weighted by atomic mass is 16.4. The van der Waals surface area contributed by atoms with Crippen LogP contribution in [0.2, 0.25) is 0 Å². The van der Waals surface area contributed by atoms with Crippen molar-refractivity contribution in [2.75, 3.05) is 0 Å². The lowest BCUT2D eigenvalue weighted by molar-refractivity contribution is -0.214. The fourth-order valence-corrected chi connectivity index (χ4v) is 12.4. The van der Waals surface area contributed by atoms with Crippen LogP contribution in [0.25, 0.3) is 0 Å². The summed E-state index contributed by atoms with van der Waals surface area (Å²) in [5.41, 5.74) is 1.21. The fraction of sp³-hybridized carbons (Fsp3) is 0.909. The number of aliphatic hydroxyl groups is 2. The number of hydrogen-bond donors (Lipinski definition) is 3. The molecule has 5 saturated carbocycles. The molecule has 5 fully saturated rings. The Labute approximate surface area is 225 Å². The Morgan fingerprint density at radius 3 is 2.16 bits per heavy atom. The van der Waals surface area contributed by atoms with E-state index in [-0.39, 0.29) is 39.1 Å². The Bertz CT molecular complexity index is 969. The normalized spacial score (nSPS) is 52.5. The third-order valence-corrected chi connectivity index (χ3v) is 14.5. The van der Waals surface area contributed by atoms with Crippen molar-refractivity contribution in [3.05, 3.63) is 12.2 Å². The summed E-state index contributed by atoms with van der Waals surface area (Å²) < 4.78 is 0. The third kappa shape index (κ3) is 3.24. The number of aliphatic carboxylic acids is 1. The van der Waals surface area contributed by atoms with Gasteiger partial charge in [0.2, 0.25) is 0 Å². The van der Waals surface area contributed by atoms with Gasteiger partial charge in [-0.1, -0.05) is 67.5 Å². The monoisotopic (exact) mass is 514 g/mol. The maximum atomic E-state index is 12.7. The smallest absolute Gasteiger partial charge is 0.306 e. The molecule has 210 valence electrons. The van der Waals surface area contributed by atoms with Gasteiger partial charge < -0.3 is 15.3 Å². The molecule has 0 amide bonds. The molecule has 0 aromatic heterocycles. The van der Waals surface area contributed by atoms with Gasteiger partial charge in [0.1, 0.15) is 0 Å². The Balaban J connectivity index is 1.53. The maximum absolute atomic E-state index is 12.7. The van der Waals surface area contributed by atoms with Gasteiger partial charge in [0.25, 0.3) is 0 Å². The number of rotatable bonds is 6. The Morgan fingerprint density at radius 2 is 1.57 bits per heavy atom. The summed E-state index contributed by atoms with van der Waals surface area (Å²) in [6, 6.07) is 0. The molecule has 0 bridgehead atoms. The van der Waals surface area contributed by atoms with Crippen molar-refractivity contribution < 1.29 is 20.1 Å². The quantitative estimate of drug-likeness (QED) is 0.335. The van der Waals surface area contributed by atoms with Crippen LogP contribution in [0.5, 0.6) is 0 Å². The van der Waals surface area contributed by atoms with E-state index < -0.39 is 18.0 Å². The first-order valence-corrected chi connectivity index (χ1v) is 15.3. The molecule has 3 N–H and O–H groups in total. The molecule has 0 radical (unpaired) electrons. The summed E-state index contributed by atoms with van der Waals surface area (Å²) in [6.07, 6.45) is 6.50. The van der Waals surface area contributed by atoms with Crippen molar-refractivity contribution in [1.82, 2.24) is 0 Å². The number of fused-ring (bicyclic) bond motifs is 3. The average Bonchev–Trinajstić information content (AvgIpc) is 3.30. The summed E-state index contributed by atoms with van der Waals surface area (Å²) in [5, 5.41) is 33.2. The molecule has 5 aliphatic carbocycles. The van der Waals surface area contributed by atoms with Crippen LogP contribution in [0, 0.1) is 68.5 Å². The maximum Gasteiger partial charge on any atom is 0.306 e. The Hall–Kier alpha value is -0.870. The van der Waals surface area contributed by atoms with Crippen molar-refractivity contribution in [2.45, 2.75) is 119 Å². The van der Waals surface area contributed by atoms with Crippen molar-refractivity contribution in [1.29, 1.82) is 0 Å². The van der Waals surface area contributed by atoms with E-state index in [1.165, 1.54) is 0 Å². The van der Waals surface area contributed by atoms with Crippen LogP contribution in [0.1, 0.15) is 107 Å². The zero-order valence-corrected chi connectivity index (χ0v) is 24.8. The lowest BCUT2D eigenvalue weighted by atomic mass is 9.36. The minimum atomic E-state index is -0.745. The summed E-state index contributed by atoms with van der Waals surface area (Å²) >= 11 is 0. The first-order valence-electron chi connectivity index (χ1n) is 15.3. The highest BCUT2D eigenvalue weighted by molar-refractivity contribution is 5.71. The molecular formula is C33H54O4. The zero-order valence-electron chi connectivity index (χ0n) is 24.8. The van der Waals surface area contributed by atoms with Crippen LogP contribution >= 0.6 is 0 Å². The molecule has 1 spiro atoms. The van der Waals surface area contributed by atoms with Crippen molar-refractivity contribution in [3.8, 4) is 0 Å². The summed E-state index contributed by atoms with van der Waals surface area (Å²) in [4.78, 5) is 12.7. The number of allylic oxidation sites excluding steroid dienone is 1. The van der Waals surface area contributed by atoms with Crippen LogP contribution in [0.3, 0.4) is 0 Å². The molecule has 4 heteroatoms. The van der Waals surface area contributed by atoms with Crippen LogP contribution in [-0.2, 0) is 4.79 Å². The number of hydrogen-bond acceptors (Lipinski definition) is 3. The van der Waals surface area contributed by atoms with Crippen LogP contribution < -0.4 is 0 Å². The minimum absolute atomic E-state index is 0.0741. The SMILES string of the molecule is C=C(CC[C@@H](C(=O)O)[C@H]1[C@H](O)C[C@@]2(C)C3CC[C@H]4C(C)(C)C(O)CC[C@]4(C)[C@]34[C@@H](C)[C@@H]4C[C@]12C)C(C)C. The van der Waals surface area contributed by atoms with Gasteiger partial charge in [-0.05, 0) is 108 Å². The van der Waals surface area contributed by atoms with Crippen molar-refractivity contribution in [3.63, 3.8) is 0 Å². The van der Waals surface area contributed by atoms with Crippen molar-refractivity contribution >= 4 is 5.97 Å². The first-order chi connectivity index (χ1) is 17.0. The van der Waals surface area contributed by atoms with E-state index in [1.807, 2.05) is 0 Å². The first kappa shape index (κ1) is 27.7. The van der Waals surface area contributed by atoms with E-state index in [1.54, 1.807) is 0 Å². The summed E-state index contributed by atoms with van der Waals surface area (Å²) in [5.74, 6) is 1.08. The number of carboxylic acid groups (broad SMARTS) is 1. The largest absolute Gasteiger partial charge is 0.481 e. The van der Waals surface area contributed by atoms with Gasteiger partial charge in [-0.15, -0.1) is 0 Å². The predicted molar refractivity (Wildman–Crippen MR) is 148 cm³/mol. The lowest BCUT2D eigenvalue weighted by Gasteiger charge is -2.68. The van der Waals surface area contributed by atoms with E-state index in [4.69, 9.17) is 0 Å². The predicted octanol–water partition coefficient (Wildman–Crippen LogP) is 6.94. The highest BCUT2D eigenvalue weighted by Gasteiger charge is 2.85. The third-order valence-electron chi connectivity index (χ3n) is 14.5. The van der Waals surface area contributed by atoms with Gasteiger partial charge in [0, 0.05) is 5.92 Å². The second-order valence-electron chi connectivity index (χ2n) is 15.9. The standard InChI is InChI=1S/C33H54O4/c1-18(2)19(3)10-11-21(28(36)37)27-23(34)17-31(8)25-13-12-24-29(5,6)26(35)14-15-30(24,7)33(25)20(4)22(33)16-32(27,31)9/h18,20-27,34-35H,3,10-17H2,1-2,4-9H3,(H,36,37)/t20-,21+,22-,23+,24-,25?,26?,27-,30-,31-,32+,33-/m0/s1. The zero-order chi connectivity index (χ0) is 27.5. The van der Waals surface area contributed by atoms with E-state index in [2.05, 4.69) is 62.0 Å². The van der Waals surface area contributed by atoms with E-state index >= 15 is 0 Å². The van der Waals surface area contributed by atoms with Crippen LogP contribution in [0.4, 0.5) is 0 Å². The summed E-state index contributed by atoms with van der Waals surface area (Å²) in [6.45, 7) is 22.9. The molecule has 12 atom stereocenters. The van der Waals surface area contributed by atoms with E-state index in [0.29, 0.717) is 36.0 Å². The molecule has 37 heavy (non-hydrogen) atoms.